The molecule has 3 aromatic rings. The molecule has 0 atom stereocenters. The van der Waals surface area contributed by atoms with Crippen LogP contribution in [0.5, 0.6) is 5.75 Å². The Balaban J connectivity index is 2.00. The van der Waals surface area contributed by atoms with Gasteiger partial charge < -0.3 is 15.0 Å². The maximum absolute atomic E-state index is 9.35. The summed E-state index contributed by atoms with van der Waals surface area (Å²) < 4.78 is 2.26. The average Bonchev–Trinajstić information content (AvgIpc) is 2.86. The monoisotopic (exact) mass is 266 g/mol. The highest BCUT2D eigenvalue weighted by Crippen LogP contribution is 2.22. The maximum atomic E-state index is 9.35. The summed E-state index contributed by atoms with van der Waals surface area (Å²) in [5.41, 5.74) is 3.75. The fourth-order valence-electron chi connectivity index (χ4n) is 2.60. The van der Waals surface area contributed by atoms with Gasteiger partial charge in [-0.3, -0.25) is 0 Å². The number of rotatable bonds is 4. The molecule has 0 aliphatic carbocycles. The van der Waals surface area contributed by atoms with Gasteiger partial charge in [-0.25, -0.2) is 0 Å². The first kappa shape index (κ1) is 12.8. The molecule has 20 heavy (non-hydrogen) atoms. The van der Waals surface area contributed by atoms with Gasteiger partial charge in [-0.05, 0) is 41.8 Å². The van der Waals surface area contributed by atoms with Crippen molar-refractivity contribution < 1.29 is 5.11 Å². The Morgan fingerprint density at radius 1 is 1.05 bits per heavy atom. The number of nitrogens with one attached hydrogen (secondary N) is 1. The van der Waals surface area contributed by atoms with E-state index in [2.05, 4.69) is 40.3 Å². The Morgan fingerprint density at radius 2 is 1.85 bits per heavy atom. The number of phenolic OH excluding ortho intramolecular Hbond substituents is 1. The molecule has 0 spiro atoms. The van der Waals surface area contributed by atoms with Crippen LogP contribution in [0.1, 0.15) is 11.1 Å². The van der Waals surface area contributed by atoms with E-state index in [1.54, 1.807) is 12.1 Å². The van der Waals surface area contributed by atoms with Crippen molar-refractivity contribution >= 4 is 10.9 Å². The summed E-state index contributed by atoms with van der Waals surface area (Å²) in [7, 11) is 1.96. The summed E-state index contributed by atoms with van der Waals surface area (Å²) in [6, 6.07) is 15.9. The number of fused-ring (bicyclic) bond motifs is 1. The summed E-state index contributed by atoms with van der Waals surface area (Å²) in [6.07, 6.45) is 2.12. The molecule has 3 heteroatoms. The molecular formula is C17H18N2O. The fourth-order valence-corrected chi connectivity index (χ4v) is 2.60. The van der Waals surface area contributed by atoms with Gasteiger partial charge in [-0.15, -0.1) is 0 Å². The third kappa shape index (κ3) is 2.40. The van der Waals surface area contributed by atoms with E-state index in [1.165, 1.54) is 22.0 Å². The third-order valence-electron chi connectivity index (χ3n) is 3.53. The minimum absolute atomic E-state index is 0.307. The Hall–Kier alpha value is -2.26. The summed E-state index contributed by atoms with van der Waals surface area (Å²) >= 11 is 0. The molecule has 0 amide bonds. The van der Waals surface area contributed by atoms with Gasteiger partial charge in [0.05, 0.1) is 5.52 Å². The van der Waals surface area contributed by atoms with E-state index in [4.69, 9.17) is 0 Å². The maximum Gasteiger partial charge on any atom is 0.115 e. The molecule has 0 saturated heterocycles. The number of para-hydroxylation sites is 1. The molecular weight excluding hydrogens is 248 g/mol. The number of phenols is 1. The van der Waals surface area contributed by atoms with Crippen LogP contribution in [0.25, 0.3) is 10.9 Å². The van der Waals surface area contributed by atoms with Crippen molar-refractivity contribution in [2.24, 2.45) is 0 Å². The lowest BCUT2D eigenvalue weighted by molar-refractivity contribution is 0.475. The van der Waals surface area contributed by atoms with Gasteiger partial charge in [0.2, 0.25) is 0 Å². The molecule has 1 aromatic heterocycles. The van der Waals surface area contributed by atoms with Crippen LogP contribution < -0.4 is 5.32 Å². The topological polar surface area (TPSA) is 37.2 Å². The molecule has 2 aromatic carbocycles. The number of aromatic nitrogens is 1. The van der Waals surface area contributed by atoms with Crippen LogP contribution >= 0.6 is 0 Å². The lowest BCUT2D eigenvalue weighted by atomic mass is 10.1. The van der Waals surface area contributed by atoms with Gasteiger partial charge in [-0.1, -0.05) is 30.3 Å². The molecule has 0 unspecified atom stereocenters. The second-order valence-electron chi connectivity index (χ2n) is 5.00. The van der Waals surface area contributed by atoms with E-state index in [-0.39, 0.29) is 0 Å². The highest BCUT2D eigenvalue weighted by atomic mass is 16.3. The number of hydrogen-bond donors (Lipinski definition) is 2. The zero-order valence-corrected chi connectivity index (χ0v) is 11.5. The van der Waals surface area contributed by atoms with Crippen molar-refractivity contribution in [3.05, 3.63) is 65.9 Å². The Labute approximate surface area is 118 Å². The molecule has 0 saturated carbocycles. The number of nitrogens with zero attached hydrogens (tertiary/aromatic N) is 1. The SMILES string of the molecule is CNCc1cccc2ccn(Cc3ccc(O)cc3)c12. The average molecular weight is 266 g/mol. The Morgan fingerprint density at radius 3 is 2.60 bits per heavy atom. The molecule has 102 valence electrons. The van der Waals surface area contributed by atoms with Crippen molar-refractivity contribution in [1.82, 2.24) is 9.88 Å². The normalized spacial score (nSPS) is 11.1. The van der Waals surface area contributed by atoms with E-state index in [0.29, 0.717) is 5.75 Å². The summed E-state index contributed by atoms with van der Waals surface area (Å²) in [5.74, 6) is 0.307. The Bertz CT molecular complexity index is 713. The number of hydrogen-bond acceptors (Lipinski definition) is 2. The van der Waals surface area contributed by atoms with Gasteiger partial charge >= 0.3 is 0 Å². The zero-order valence-electron chi connectivity index (χ0n) is 11.5. The van der Waals surface area contributed by atoms with E-state index >= 15 is 0 Å². The minimum atomic E-state index is 0.307. The van der Waals surface area contributed by atoms with Crippen molar-refractivity contribution in [3.8, 4) is 5.75 Å². The molecule has 0 aliphatic rings. The van der Waals surface area contributed by atoms with Gasteiger partial charge in [0, 0.05) is 19.3 Å². The highest BCUT2D eigenvalue weighted by molar-refractivity contribution is 5.83. The zero-order chi connectivity index (χ0) is 13.9. The van der Waals surface area contributed by atoms with E-state index < -0.39 is 0 Å². The first-order valence-electron chi connectivity index (χ1n) is 6.77. The second kappa shape index (κ2) is 5.39. The molecule has 2 N–H and O–H groups in total. The van der Waals surface area contributed by atoms with Crippen molar-refractivity contribution in [2.75, 3.05) is 7.05 Å². The van der Waals surface area contributed by atoms with E-state index in [1.807, 2.05) is 19.2 Å². The predicted octanol–water partition coefficient (Wildman–Crippen LogP) is 3.11. The lowest BCUT2D eigenvalue weighted by Crippen LogP contribution is -2.07. The number of benzene rings is 2. The van der Waals surface area contributed by atoms with Crippen molar-refractivity contribution in [3.63, 3.8) is 0 Å². The van der Waals surface area contributed by atoms with Crippen LogP contribution in [0.3, 0.4) is 0 Å². The van der Waals surface area contributed by atoms with Gasteiger partial charge in [-0.2, -0.15) is 0 Å². The summed E-state index contributed by atoms with van der Waals surface area (Å²) in [5, 5.41) is 13.8. The third-order valence-corrected chi connectivity index (χ3v) is 3.53. The van der Waals surface area contributed by atoms with Crippen molar-refractivity contribution in [2.45, 2.75) is 13.1 Å². The summed E-state index contributed by atoms with van der Waals surface area (Å²) in [4.78, 5) is 0. The molecule has 3 rings (SSSR count). The quantitative estimate of drug-likeness (QED) is 0.761. The molecule has 0 radical (unpaired) electrons. The molecule has 0 aliphatic heterocycles. The summed E-state index contributed by atoms with van der Waals surface area (Å²) in [6.45, 7) is 1.67. The molecule has 3 nitrogen and oxygen atoms in total. The standard InChI is InChI=1S/C17H18N2O/c1-18-11-15-4-2-3-14-9-10-19(17(14)15)12-13-5-7-16(20)8-6-13/h2-10,18,20H,11-12H2,1H3. The van der Waals surface area contributed by atoms with Crippen LogP contribution in [0.15, 0.2) is 54.7 Å². The van der Waals surface area contributed by atoms with Crippen molar-refractivity contribution in [1.29, 1.82) is 0 Å². The second-order valence-corrected chi connectivity index (χ2v) is 5.00. The van der Waals surface area contributed by atoms with E-state index in [0.717, 1.165) is 13.1 Å². The fraction of sp³-hybridized carbons (Fsp3) is 0.176. The first-order valence-corrected chi connectivity index (χ1v) is 6.77. The lowest BCUT2D eigenvalue weighted by Gasteiger charge is -2.10. The van der Waals surface area contributed by atoms with Crippen LogP contribution in [-0.2, 0) is 13.1 Å². The first-order chi connectivity index (χ1) is 9.78. The van der Waals surface area contributed by atoms with Crippen LogP contribution in [0.4, 0.5) is 0 Å². The van der Waals surface area contributed by atoms with Crippen LogP contribution in [0.2, 0.25) is 0 Å². The smallest absolute Gasteiger partial charge is 0.115 e. The molecule has 0 fully saturated rings. The number of aromatic hydroxyl groups is 1. The van der Waals surface area contributed by atoms with Crippen LogP contribution in [-0.4, -0.2) is 16.7 Å². The van der Waals surface area contributed by atoms with Crippen LogP contribution in [0, 0.1) is 0 Å². The van der Waals surface area contributed by atoms with Gasteiger partial charge in [0.15, 0.2) is 0 Å². The predicted molar refractivity (Wildman–Crippen MR) is 81.9 cm³/mol. The Kier molecular flexibility index (Phi) is 3.44. The highest BCUT2D eigenvalue weighted by Gasteiger charge is 2.06. The van der Waals surface area contributed by atoms with Gasteiger partial charge in [0.1, 0.15) is 5.75 Å². The molecule has 0 bridgehead atoms. The largest absolute Gasteiger partial charge is 0.508 e. The van der Waals surface area contributed by atoms with Gasteiger partial charge in [0.25, 0.3) is 0 Å². The minimum Gasteiger partial charge on any atom is -0.508 e. The molecule has 1 heterocycles. The van der Waals surface area contributed by atoms with E-state index in [9.17, 15) is 5.11 Å².